The number of fused-ring (bicyclic) bond motifs is 6. The number of H-pyrrole nitrogens is 1. The molecule has 0 bridgehead atoms. The Morgan fingerprint density at radius 1 is 0.459 bits per heavy atom. The standard InChI is InChI=1S/C24H5B11N2/c25-10-7-5-3-1-2-4-6(5)37(23(7)19(34)15(30)12(10)27)24-9-8-11(26)13(28)14(29)17(32)21(8)36-22(9)18(33)16(31)20(24)35/h1-4,36H. The molecular formula is C24H5B11N2. The van der Waals surface area contributed by atoms with E-state index in [0.717, 1.165) is 5.39 Å². The van der Waals surface area contributed by atoms with Gasteiger partial charge in [-0.05, 0) is 11.5 Å². The van der Waals surface area contributed by atoms with Gasteiger partial charge in [0.05, 0.1) is 5.52 Å². The Kier molecular flexibility index (Phi) is 5.37. The monoisotopic (exact) mass is 442 g/mol. The molecular weight excluding hydrogens is 435 g/mol. The van der Waals surface area contributed by atoms with Crippen LogP contribution in [0.25, 0.3) is 49.3 Å². The number of hydrogen-bond donors (Lipinski definition) is 1. The van der Waals surface area contributed by atoms with Gasteiger partial charge in [-0.3, -0.25) is 0 Å². The molecule has 6 rings (SSSR count). The van der Waals surface area contributed by atoms with Crippen LogP contribution in [0.1, 0.15) is 0 Å². The summed E-state index contributed by atoms with van der Waals surface area (Å²) in [7, 11) is 70.3. The van der Waals surface area contributed by atoms with Gasteiger partial charge in [0.1, 0.15) is 86.3 Å². The van der Waals surface area contributed by atoms with Crippen molar-refractivity contribution < 1.29 is 0 Å². The number of aromatic nitrogens is 2. The molecule has 0 amide bonds. The molecule has 37 heavy (non-hydrogen) atoms. The second-order valence-corrected chi connectivity index (χ2v) is 9.10. The van der Waals surface area contributed by atoms with Crippen molar-refractivity contribution in [2.45, 2.75) is 0 Å². The third-order valence-corrected chi connectivity index (χ3v) is 7.24. The van der Waals surface area contributed by atoms with Crippen LogP contribution in [-0.2, 0) is 0 Å². The number of para-hydroxylation sites is 1. The van der Waals surface area contributed by atoms with E-state index in [-0.39, 0.29) is 60.1 Å². The number of hydrogen-bond acceptors (Lipinski definition) is 0. The third kappa shape index (κ3) is 2.98. The van der Waals surface area contributed by atoms with Crippen molar-refractivity contribution in [3.8, 4) is 5.69 Å². The Morgan fingerprint density at radius 3 is 1.59 bits per heavy atom. The molecule has 0 aliphatic heterocycles. The predicted molar refractivity (Wildman–Crippen MR) is 169 cm³/mol. The molecule has 144 valence electrons. The molecule has 1 N–H and O–H groups in total. The minimum Gasteiger partial charge on any atom is -0.355 e. The van der Waals surface area contributed by atoms with Crippen LogP contribution in [0.3, 0.4) is 0 Å². The molecule has 6 aromatic rings. The van der Waals surface area contributed by atoms with E-state index >= 15 is 0 Å². The summed E-state index contributed by atoms with van der Waals surface area (Å²) in [6.07, 6.45) is 0. The van der Waals surface area contributed by atoms with Gasteiger partial charge in [0.2, 0.25) is 0 Å². The van der Waals surface area contributed by atoms with Gasteiger partial charge < -0.3 is 9.55 Å². The van der Waals surface area contributed by atoms with Crippen molar-refractivity contribution in [1.82, 2.24) is 9.55 Å². The highest BCUT2D eigenvalue weighted by atomic mass is 15.0. The first-order valence-electron chi connectivity index (χ1n) is 11.2. The Bertz CT molecular complexity index is 2000. The van der Waals surface area contributed by atoms with Crippen LogP contribution in [0.2, 0.25) is 0 Å². The Labute approximate surface area is 229 Å². The minimum absolute atomic E-state index is 0.133. The fourth-order valence-corrected chi connectivity index (χ4v) is 5.30. The smallest absolute Gasteiger partial charge is 0.115 e. The number of nitrogens with zero attached hydrogens (tertiary/aromatic N) is 1. The lowest BCUT2D eigenvalue weighted by atomic mass is 9.65. The zero-order valence-electron chi connectivity index (χ0n) is 19.6. The fourth-order valence-electron chi connectivity index (χ4n) is 5.30. The average molecular weight is 440 g/mol. The number of rotatable bonds is 1. The topological polar surface area (TPSA) is 20.7 Å². The van der Waals surface area contributed by atoms with Crippen LogP contribution in [-0.4, -0.2) is 95.9 Å². The van der Waals surface area contributed by atoms with E-state index in [1.165, 1.54) is 0 Å². The van der Waals surface area contributed by atoms with Crippen molar-refractivity contribution in [2.24, 2.45) is 0 Å². The highest BCUT2D eigenvalue weighted by molar-refractivity contribution is 6.70. The molecule has 0 saturated carbocycles. The van der Waals surface area contributed by atoms with Crippen LogP contribution in [0, 0.1) is 0 Å². The van der Waals surface area contributed by atoms with E-state index < -0.39 is 0 Å². The van der Waals surface area contributed by atoms with Crippen LogP contribution >= 0.6 is 0 Å². The first-order valence-corrected chi connectivity index (χ1v) is 11.2. The number of benzene rings is 4. The van der Waals surface area contributed by atoms with Gasteiger partial charge in [0, 0.05) is 38.4 Å². The molecule has 13 heteroatoms. The van der Waals surface area contributed by atoms with E-state index in [0.29, 0.717) is 43.9 Å². The molecule has 0 aliphatic rings. The largest absolute Gasteiger partial charge is 0.355 e. The Morgan fingerprint density at radius 2 is 0.946 bits per heavy atom. The predicted octanol–water partition coefficient (Wildman–Crippen LogP) is -6.85. The van der Waals surface area contributed by atoms with E-state index in [4.69, 9.17) is 86.3 Å². The summed E-state index contributed by atoms with van der Waals surface area (Å²) in [6, 6.07) is 7.52. The van der Waals surface area contributed by atoms with Crippen LogP contribution in [0.4, 0.5) is 0 Å². The molecule has 0 atom stereocenters. The van der Waals surface area contributed by atoms with Gasteiger partial charge in [-0.25, -0.2) is 0 Å². The summed E-state index contributed by atoms with van der Waals surface area (Å²) in [4.78, 5) is 3.22. The van der Waals surface area contributed by atoms with Crippen LogP contribution in [0.5, 0.6) is 0 Å². The molecule has 0 fully saturated rings. The van der Waals surface area contributed by atoms with Gasteiger partial charge in [0.15, 0.2) is 0 Å². The summed E-state index contributed by atoms with van der Waals surface area (Å²) in [6.45, 7) is 0. The minimum atomic E-state index is 0.133. The van der Waals surface area contributed by atoms with Crippen molar-refractivity contribution >= 4 is 190 Å². The highest BCUT2D eigenvalue weighted by Crippen LogP contribution is 2.33. The lowest BCUT2D eigenvalue weighted by molar-refractivity contribution is 1.22. The maximum absolute atomic E-state index is 6.69. The zero-order chi connectivity index (χ0) is 26.7. The summed E-state index contributed by atoms with van der Waals surface area (Å²) < 4.78 is 1.83. The lowest BCUT2D eigenvalue weighted by Gasteiger charge is -2.22. The quantitative estimate of drug-likeness (QED) is 0.246. The first kappa shape index (κ1) is 24.5. The lowest BCUT2D eigenvalue weighted by Crippen LogP contribution is -2.48. The van der Waals surface area contributed by atoms with Gasteiger partial charge in [0.25, 0.3) is 0 Å². The van der Waals surface area contributed by atoms with Gasteiger partial charge in [-0.1, -0.05) is 51.0 Å². The van der Waals surface area contributed by atoms with Crippen LogP contribution < -0.4 is 60.1 Å². The molecule has 0 aliphatic carbocycles. The maximum Gasteiger partial charge on any atom is 0.115 e. The average Bonchev–Trinajstić information content (AvgIpc) is 3.45. The van der Waals surface area contributed by atoms with Gasteiger partial charge >= 0.3 is 0 Å². The van der Waals surface area contributed by atoms with Crippen molar-refractivity contribution in [2.75, 3.05) is 0 Å². The molecule has 2 heterocycles. The van der Waals surface area contributed by atoms with Crippen LogP contribution in [0.15, 0.2) is 24.3 Å². The van der Waals surface area contributed by atoms with E-state index in [1.54, 1.807) is 0 Å². The number of nitrogens with one attached hydrogen (secondary N) is 1. The first-order chi connectivity index (χ1) is 17.5. The molecule has 0 unspecified atom stereocenters. The van der Waals surface area contributed by atoms with Gasteiger partial charge in [-0.2, -0.15) is 0 Å². The summed E-state index contributed by atoms with van der Waals surface area (Å²) in [5, 5.41) is 2.38. The molecule has 0 spiro atoms. The second kappa shape index (κ2) is 8.09. The van der Waals surface area contributed by atoms with Crippen molar-refractivity contribution in [1.29, 1.82) is 0 Å². The molecule has 2 nitrogen and oxygen atoms in total. The van der Waals surface area contributed by atoms with E-state index in [9.17, 15) is 0 Å². The SMILES string of the molecule is [B]c1c([B])c([B])c2c([nH]c3c([B])c([B])c([B])c(-n4c5ccccc5c5c([B])c([B])c([B])c([B])c54)c32)c1[B]. The van der Waals surface area contributed by atoms with Crippen molar-refractivity contribution in [3.05, 3.63) is 24.3 Å². The number of aromatic amines is 1. The summed E-state index contributed by atoms with van der Waals surface area (Å²) >= 11 is 0. The van der Waals surface area contributed by atoms with E-state index in [2.05, 4.69) is 4.98 Å². The second-order valence-electron chi connectivity index (χ2n) is 9.10. The normalized spacial score (nSPS) is 11.9. The third-order valence-electron chi connectivity index (χ3n) is 7.24. The fraction of sp³-hybridized carbons (Fsp3) is 0. The molecule has 0 saturated heterocycles. The Hall–Kier alpha value is -2.81. The maximum atomic E-state index is 6.69. The molecule has 4 aromatic carbocycles. The van der Waals surface area contributed by atoms with E-state index in [1.807, 2.05) is 28.8 Å². The summed E-state index contributed by atoms with van der Waals surface area (Å²) in [5.41, 5.74) is 4.59. The zero-order valence-corrected chi connectivity index (χ0v) is 19.6. The summed E-state index contributed by atoms with van der Waals surface area (Å²) in [5.74, 6) is 0. The molecule has 2 aromatic heterocycles. The van der Waals surface area contributed by atoms with Crippen molar-refractivity contribution in [3.63, 3.8) is 0 Å². The molecule has 22 radical (unpaired) electrons. The Balaban J connectivity index is 2.00. The van der Waals surface area contributed by atoms with Gasteiger partial charge in [-0.15, -0.1) is 27.3 Å². The highest BCUT2D eigenvalue weighted by Gasteiger charge is 2.24.